The lowest BCUT2D eigenvalue weighted by atomic mass is 10.1. The van der Waals surface area contributed by atoms with Gasteiger partial charge < -0.3 is 5.11 Å². The number of carboxylic acid groups (broad SMARTS) is 1. The van der Waals surface area contributed by atoms with Crippen LogP contribution in [-0.4, -0.2) is 27.2 Å². The number of alkyl halides is 1. The largest absolute Gasteiger partial charge is 0.465 e. The average Bonchev–Trinajstić information content (AvgIpc) is 2.78. The number of hydrogen-bond acceptors (Lipinski definition) is 3. The van der Waals surface area contributed by atoms with Crippen molar-refractivity contribution in [2.45, 2.75) is 40.0 Å². The maximum Gasteiger partial charge on any atom is 0.412 e. The second-order valence-corrected chi connectivity index (χ2v) is 5.66. The number of nitriles is 1. The molecule has 126 valence electrons. The molecule has 1 N–H and O–H groups in total. The molecule has 0 aliphatic rings. The predicted molar refractivity (Wildman–Crippen MR) is 87.6 cm³/mol. The smallest absolute Gasteiger partial charge is 0.412 e. The van der Waals surface area contributed by atoms with Gasteiger partial charge in [0.15, 0.2) is 0 Å². The first-order chi connectivity index (χ1) is 11.3. The number of halogens is 1. The molecule has 1 unspecified atom stereocenters. The second-order valence-electron chi connectivity index (χ2n) is 5.66. The summed E-state index contributed by atoms with van der Waals surface area (Å²) in [6, 6.07) is 8.81. The van der Waals surface area contributed by atoms with Crippen molar-refractivity contribution in [2.75, 3.05) is 4.90 Å². The first-order valence-electron chi connectivity index (χ1n) is 7.51. The number of hydrogen-bond donors (Lipinski definition) is 1. The van der Waals surface area contributed by atoms with Gasteiger partial charge in [0.25, 0.3) is 0 Å². The molecule has 1 aromatic heterocycles. The predicted octanol–water partition coefficient (Wildman–Crippen LogP) is 3.41. The zero-order valence-electron chi connectivity index (χ0n) is 13.8. The number of anilines is 1. The number of rotatable bonds is 5. The highest BCUT2D eigenvalue weighted by molar-refractivity contribution is 5.87. The van der Waals surface area contributed by atoms with E-state index in [0.29, 0.717) is 28.2 Å². The van der Waals surface area contributed by atoms with Crippen molar-refractivity contribution in [1.29, 1.82) is 5.26 Å². The Morgan fingerprint density at radius 1 is 1.50 bits per heavy atom. The van der Waals surface area contributed by atoms with E-state index < -0.39 is 12.3 Å². The van der Waals surface area contributed by atoms with Crippen LogP contribution in [0.3, 0.4) is 0 Å². The summed E-state index contributed by atoms with van der Waals surface area (Å²) in [7, 11) is 0. The van der Waals surface area contributed by atoms with Gasteiger partial charge >= 0.3 is 6.09 Å². The summed E-state index contributed by atoms with van der Waals surface area (Å²) in [6.45, 7) is 5.01. The van der Waals surface area contributed by atoms with Gasteiger partial charge in [-0.1, -0.05) is 12.1 Å². The molecule has 7 heteroatoms. The van der Waals surface area contributed by atoms with Crippen molar-refractivity contribution in [3.05, 3.63) is 46.8 Å². The molecule has 0 radical (unpaired) electrons. The van der Waals surface area contributed by atoms with Gasteiger partial charge in [0.05, 0.1) is 41.8 Å². The fourth-order valence-electron chi connectivity index (χ4n) is 2.66. The fraction of sp³-hybridized carbons (Fsp3) is 0.353. The van der Waals surface area contributed by atoms with E-state index in [1.54, 1.807) is 38.1 Å². The van der Waals surface area contributed by atoms with Crippen LogP contribution in [0.15, 0.2) is 24.3 Å². The number of amides is 1. The molecule has 1 aromatic carbocycles. The lowest BCUT2D eigenvalue weighted by Gasteiger charge is -2.20. The topological polar surface area (TPSA) is 82.2 Å². The quantitative estimate of drug-likeness (QED) is 0.910. The minimum absolute atomic E-state index is 0.0735. The Balaban J connectivity index is 2.39. The number of aryl methyl sites for hydroxylation is 1. The van der Waals surface area contributed by atoms with Gasteiger partial charge in [0.1, 0.15) is 6.17 Å². The summed E-state index contributed by atoms with van der Waals surface area (Å²) in [5.74, 6) is 0. The van der Waals surface area contributed by atoms with Crippen molar-refractivity contribution < 1.29 is 14.3 Å². The molecule has 0 bridgehead atoms. The average molecular weight is 330 g/mol. The SMILES string of the molecule is Cc1nn(CC(C)F)c(C)c1N(Cc1cccc(C#N)c1)C(=O)O. The highest BCUT2D eigenvalue weighted by Crippen LogP contribution is 2.27. The van der Waals surface area contributed by atoms with Crippen LogP contribution in [0.25, 0.3) is 0 Å². The minimum Gasteiger partial charge on any atom is -0.465 e. The van der Waals surface area contributed by atoms with Crippen LogP contribution in [-0.2, 0) is 13.1 Å². The molecule has 1 heterocycles. The van der Waals surface area contributed by atoms with Gasteiger partial charge in [-0.25, -0.2) is 9.18 Å². The standard InChI is InChI=1S/C17H19FN4O2/c1-11(18)9-22-13(3)16(12(2)20-22)21(17(23)24)10-15-6-4-5-14(7-15)8-19/h4-7,11H,9-10H2,1-3H3,(H,23,24). The number of benzene rings is 1. The molecular weight excluding hydrogens is 311 g/mol. The highest BCUT2D eigenvalue weighted by atomic mass is 19.1. The van der Waals surface area contributed by atoms with Crippen LogP contribution >= 0.6 is 0 Å². The molecule has 0 fully saturated rings. The Morgan fingerprint density at radius 3 is 2.79 bits per heavy atom. The minimum atomic E-state index is -1.13. The molecule has 0 aliphatic carbocycles. The van der Waals surface area contributed by atoms with Crippen molar-refractivity contribution in [3.63, 3.8) is 0 Å². The fourth-order valence-corrected chi connectivity index (χ4v) is 2.66. The van der Waals surface area contributed by atoms with E-state index in [1.807, 2.05) is 6.07 Å². The van der Waals surface area contributed by atoms with Crippen molar-refractivity contribution in [3.8, 4) is 6.07 Å². The van der Waals surface area contributed by atoms with Gasteiger partial charge in [-0.3, -0.25) is 9.58 Å². The molecule has 6 nitrogen and oxygen atoms in total. The van der Waals surface area contributed by atoms with Gasteiger partial charge in [-0.2, -0.15) is 10.4 Å². The molecule has 0 saturated carbocycles. The van der Waals surface area contributed by atoms with Gasteiger partial charge in [0.2, 0.25) is 0 Å². The monoisotopic (exact) mass is 330 g/mol. The molecule has 2 aromatic rings. The van der Waals surface area contributed by atoms with E-state index in [4.69, 9.17) is 5.26 Å². The van der Waals surface area contributed by atoms with E-state index >= 15 is 0 Å². The number of aromatic nitrogens is 2. The van der Waals surface area contributed by atoms with Gasteiger partial charge in [-0.15, -0.1) is 0 Å². The Labute approximate surface area is 139 Å². The summed E-state index contributed by atoms with van der Waals surface area (Å²) in [6.07, 6.45) is -2.21. The molecule has 1 amide bonds. The summed E-state index contributed by atoms with van der Waals surface area (Å²) in [5.41, 5.74) is 2.73. The third-order valence-corrected chi connectivity index (χ3v) is 3.67. The van der Waals surface area contributed by atoms with Crippen LogP contribution < -0.4 is 4.90 Å². The van der Waals surface area contributed by atoms with E-state index in [2.05, 4.69) is 5.10 Å². The number of nitrogens with zero attached hydrogens (tertiary/aromatic N) is 4. The molecule has 0 aliphatic heterocycles. The Morgan fingerprint density at radius 2 is 2.21 bits per heavy atom. The second kappa shape index (κ2) is 7.13. The zero-order valence-corrected chi connectivity index (χ0v) is 13.8. The van der Waals surface area contributed by atoms with Crippen LogP contribution in [0.1, 0.15) is 29.4 Å². The summed E-state index contributed by atoms with van der Waals surface area (Å²) in [5, 5.41) is 22.8. The van der Waals surface area contributed by atoms with Crippen molar-refractivity contribution >= 4 is 11.8 Å². The maximum atomic E-state index is 13.3. The van der Waals surface area contributed by atoms with Gasteiger partial charge in [0, 0.05) is 0 Å². The van der Waals surface area contributed by atoms with Crippen LogP contribution in [0.4, 0.5) is 14.9 Å². The highest BCUT2D eigenvalue weighted by Gasteiger charge is 2.24. The maximum absolute atomic E-state index is 13.3. The third kappa shape index (κ3) is 3.71. The molecular formula is C17H19FN4O2. The van der Waals surface area contributed by atoms with E-state index in [1.165, 1.54) is 16.5 Å². The lowest BCUT2D eigenvalue weighted by molar-refractivity contribution is 0.201. The first-order valence-corrected chi connectivity index (χ1v) is 7.51. The third-order valence-electron chi connectivity index (χ3n) is 3.67. The van der Waals surface area contributed by atoms with Crippen LogP contribution in [0, 0.1) is 25.2 Å². The van der Waals surface area contributed by atoms with Gasteiger partial charge in [-0.05, 0) is 38.5 Å². The Hall–Kier alpha value is -2.88. The summed E-state index contributed by atoms with van der Waals surface area (Å²) >= 11 is 0. The molecule has 1 atom stereocenters. The van der Waals surface area contributed by atoms with E-state index in [0.717, 1.165) is 0 Å². The zero-order chi connectivity index (χ0) is 17.9. The lowest BCUT2D eigenvalue weighted by Crippen LogP contribution is -2.29. The van der Waals surface area contributed by atoms with E-state index in [9.17, 15) is 14.3 Å². The molecule has 0 spiro atoms. The molecule has 2 rings (SSSR count). The summed E-state index contributed by atoms with van der Waals surface area (Å²) in [4.78, 5) is 12.9. The Kier molecular flexibility index (Phi) is 5.19. The Bertz CT molecular complexity index is 792. The molecule has 24 heavy (non-hydrogen) atoms. The first kappa shape index (κ1) is 17.5. The van der Waals surface area contributed by atoms with E-state index in [-0.39, 0.29) is 13.1 Å². The van der Waals surface area contributed by atoms with Crippen molar-refractivity contribution in [1.82, 2.24) is 9.78 Å². The van der Waals surface area contributed by atoms with Crippen LogP contribution in [0.2, 0.25) is 0 Å². The summed E-state index contributed by atoms with van der Waals surface area (Å²) < 4.78 is 14.8. The normalized spacial score (nSPS) is 11.8. The van der Waals surface area contributed by atoms with Crippen molar-refractivity contribution in [2.24, 2.45) is 0 Å². The molecule has 0 saturated heterocycles. The number of carbonyl (C=O) groups is 1. The van der Waals surface area contributed by atoms with Crippen LogP contribution in [0.5, 0.6) is 0 Å².